The number of unbranched alkanes of at least 4 members (excludes halogenated alkanes) is 37. The number of hydrogen-bond donors (Lipinski definition) is 1. The zero-order valence-corrected chi connectivity index (χ0v) is 39.8. The maximum absolute atomic E-state index is 11.9. The third-order valence-electron chi connectivity index (χ3n) is 11.6. The summed E-state index contributed by atoms with van der Waals surface area (Å²) in [5, 5.41) is 8.51. The van der Waals surface area contributed by atoms with Gasteiger partial charge in [0.1, 0.15) is 0 Å². The molecule has 0 atom stereocenters. The Morgan fingerprint density at radius 3 is 0.862 bits per heavy atom. The van der Waals surface area contributed by atoms with Crippen LogP contribution in [-0.4, -0.2) is 23.7 Å². The van der Waals surface area contributed by atoms with E-state index in [-0.39, 0.29) is 5.97 Å². The molecule has 0 saturated heterocycles. The average molecular weight is 817 g/mol. The number of aliphatic carboxylic acids is 1. The zero-order valence-electron chi connectivity index (χ0n) is 39.8. The zero-order chi connectivity index (χ0) is 42.5. The fourth-order valence-corrected chi connectivity index (χ4v) is 7.60. The molecular weight excluding hydrogens is 713 g/mol. The third kappa shape index (κ3) is 58.7. The summed E-state index contributed by atoms with van der Waals surface area (Å²) in [6.45, 7) is 7.45. The second kappa shape index (κ2) is 55.4. The van der Waals surface area contributed by atoms with Crippen LogP contribution < -0.4 is 0 Å². The van der Waals surface area contributed by atoms with Crippen molar-refractivity contribution in [2.75, 3.05) is 6.61 Å². The largest absolute Gasteiger partial charge is 0.481 e. The number of carboxylic acids is 1. The van der Waals surface area contributed by atoms with E-state index < -0.39 is 5.97 Å². The number of carbonyl (C=O) groups is 2. The van der Waals surface area contributed by atoms with E-state index >= 15 is 0 Å². The third-order valence-corrected chi connectivity index (χ3v) is 11.6. The van der Waals surface area contributed by atoms with Gasteiger partial charge in [0.2, 0.25) is 0 Å². The molecule has 0 aromatic heterocycles. The van der Waals surface area contributed by atoms with Crippen molar-refractivity contribution in [3.05, 3.63) is 24.3 Å². The van der Waals surface area contributed by atoms with Crippen molar-refractivity contribution in [1.29, 1.82) is 0 Å². The molecular formula is C54H104O4. The smallest absolute Gasteiger partial charge is 0.305 e. The van der Waals surface area contributed by atoms with Gasteiger partial charge >= 0.3 is 11.9 Å². The molecule has 344 valence electrons. The van der Waals surface area contributed by atoms with Crippen LogP contribution in [0.3, 0.4) is 0 Å². The normalized spacial score (nSPS) is 11.4. The van der Waals surface area contributed by atoms with Crippen LogP contribution in [0.5, 0.6) is 0 Å². The molecule has 0 aliphatic rings. The van der Waals surface area contributed by atoms with Gasteiger partial charge in [-0.2, -0.15) is 0 Å². The maximum Gasteiger partial charge on any atom is 0.305 e. The lowest BCUT2D eigenvalue weighted by Gasteiger charge is -2.05. The van der Waals surface area contributed by atoms with E-state index in [0.717, 1.165) is 25.7 Å². The van der Waals surface area contributed by atoms with Crippen molar-refractivity contribution in [3.8, 4) is 0 Å². The average Bonchev–Trinajstić information content (AvgIpc) is 3.22. The van der Waals surface area contributed by atoms with Crippen molar-refractivity contribution < 1.29 is 19.4 Å². The lowest BCUT2D eigenvalue weighted by molar-refractivity contribution is -0.144. The highest BCUT2D eigenvalue weighted by Gasteiger charge is 2.03. The highest BCUT2D eigenvalue weighted by Crippen LogP contribution is 2.15. The number of ether oxygens (including phenoxy) is 1. The second-order valence-electron chi connectivity index (χ2n) is 17.6. The van der Waals surface area contributed by atoms with Crippen molar-refractivity contribution in [3.63, 3.8) is 0 Å². The molecule has 1 N–H and O–H groups in total. The predicted molar refractivity (Wildman–Crippen MR) is 257 cm³/mol. The van der Waals surface area contributed by atoms with E-state index in [1.807, 2.05) is 0 Å². The minimum Gasteiger partial charge on any atom is -0.481 e. The van der Waals surface area contributed by atoms with Crippen LogP contribution in [-0.2, 0) is 14.3 Å². The lowest BCUT2D eigenvalue weighted by atomic mass is 10.0. The molecule has 0 aromatic rings. The monoisotopic (exact) mass is 817 g/mol. The summed E-state index contributed by atoms with van der Waals surface area (Å²) < 4.78 is 5.43. The minimum atomic E-state index is -0.664. The molecule has 0 aliphatic heterocycles. The van der Waals surface area contributed by atoms with Crippen molar-refractivity contribution in [2.24, 2.45) is 0 Å². The first-order chi connectivity index (χ1) is 28.6. The van der Waals surface area contributed by atoms with Gasteiger partial charge in [-0.3, -0.25) is 9.59 Å². The molecule has 0 bridgehead atoms. The molecule has 0 aliphatic carbocycles. The molecule has 0 unspecified atom stereocenters. The van der Waals surface area contributed by atoms with Gasteiger partial charge in [0.25, 0.3) is 0 Å². The highest BCUT2D eigenvalue weighted by molar-refractivity contribution is 5.69. The molecule has 4 heteroatoms. The second-order valence-corrected chi connectivity index (χ2v) is 17.6. The van der Waals surface area contributed by atoms with E-state index in [2.05, 4.69) is 45.1 Å². The molecule has 0 aromatic carbocycles. The van der Waals surface area contributed by atoms with E-state index in [4.69, 9.17) is 9.84 Å². The van der Waals surface area contributed by atoms with Gasteiger partial charge in [-0.05, 0) is 70.6 Å². The summed E-state index contributed by atoms with van der Waals surface area (Å²) in [6.07, 6.45) is 65.4. The highest BCUT2D eigenvalue weighted by atomic mass is 16.5. The summed E-state index contributed by atoms with van der Waals surface area (Å²) in [5.74, 6) is -0.643. The number of carbonyl (C=O) groups excluding carboxylic acids is 1. The van der Waals surface area contributed by atoms with Gasteiger partial charge in [0.15, 0.2) is 0 Å². The molecule has 58 heavy (non-hydrogen) atoms. The Kier molecular flexibility index (Phi) is 55.9. The van der Waals surface area contributed by atoms with Crippen molar-refractivity contribution >= 4 is 11.9 Å². The molecule has 0 saturated carbocycles. The quantitative estimate of drug-likeness (QED) is 0.0377. The van der Waals surface area contributed by atoms with E-state index in [1.54, 1.807) is 0 Å². The lowest BCUT2D eigenvalue weighted by Crippen LogP contribution is -2.05. The molecule has 0 amide bonds. The van der Waals surface area contributed by atoms with Gasteiger partial charge in [-0.25, -0.2) is 0 Å². The number of esters is 1. The SMILES string of the molecule is CCCCCCCC/C=C\CCCCCCCC(=O)O.CCCCCCCC/C=C\CCCCCCCCOC(=O)CCCCCCCCCCCCCCCCC. The van der Waals surface area contributed by atoms with E-state index in [0.29, 0.717) is 19.4 Å². The number of hydrogen-bond acceptors (Lipinski definition) is 3. The van der Waals surface area contributed by atoms with Gasteiger partial charge < -0.3 is 9.84 Å². The van der Waals surface area contributed by atoms with Crippen LogP contribution in [0.4, 0.5) is 0 Å². The summed E-state index contributed by atoms with van der Waals surface area (Å²) in [4.78, 5) is 22.2. The molecule has 0 radical (unpaired) electrons. The molecule has 0 heterocycles. The Labute approximate surface area is 364 Å². The van der Waals surface area contributed by atoms with Crippen LogP contribution in [0.25, 0.3) is 0 Å². The fraction of sp³-hybridized carbons (Fsp3) is 0.889. The van der Waals surface area contributed by atoms with E-state index in [1.165, 1.54) is 244 Å². The van der Waals surface area contributed by atoms with Crippen molar-refractivity contribution in [2.45, 2.75) is 303 Å². The Morgan fingerprint density at radius 2 is 0.569 bits per heavy atom. The molecule has 4 nitrogen and oxygen atoms in total. The van der Waals surface area contributed by atoms with Crippen LogP contribution in [0.15, 0.2) is 24.3 Å². The Bertz CT molecular complexity index is 833. The standard InChI is InChI=1S/C36H70O2.C18H34O2/c1-3-5-7-9-11-13-15-17-19-21-23-25-27-29-31-33-35-38-36(37)34-32-30-28-26-24-22-20-18-16-14-12-10-8-6-4-2;1-2-3-4-5-6-7-8-9-10-11-12-13-14-15-16-17-18(19)20/h17,19H,3-16,18,20-35H2,1-2H3;9-10H,2-8,11-17H2,1H3,(H,19,20)/b19-17-;10-9-. The van der Waals surface area contributed by atoms with Crippen LogP contribution >= 0.6 is 0 Å². The first-order valence-corrected chi connectivity index (χ1v) is 26.3. The summed E-state index contributed by atoms with van der Waals surface area (Å²) >= 11 is 0. The predicted octanol–water partition coefficient (Wildman–Crippen LogP) is 18.9. The summed E-state index contributed by atoms with van der Waals surface area (Å²) in [5.41, 5.74) is 0. The number of carboxylic acid groups (broad SMARTS) is 1. The van der Waals surface area contributed by atoms with Crippen LogP contribution in [0.2, 0.25) is 0 Å². The van der Waals surface area contributed by atoms with Gasteiger partial charge in [0.05, 0.1) is 6.61 Å². The Morgan fingerprint density at radius 1 is 0.328 bits per heavy atom. The molecule has 0 rings (SSSR count). The Hall–Kier alpha value is -1.58. The van der Waals surface area contributed by atoms with Crippen molar-refractivity contribution in [1.82, 2.24) is 0 Å². The number of rotatable bonds is 47. The number of allylic oxidation sites excluding steroid dienone is 4. The first kappa shape index (κ1) is 58.5. The fourth-order valence-electron chi connectivity index (χ4n) is 7.60. The first-order valence-electron chi connectivity index (χ1n) is 26.3. The van der Waals surface area contributed by atoms with Gasteiger partial charge in [-0.15, -0.1) is 0 Å². The van der Waals surface area contributed by atoms with Crippen LogP contribution in [0, 0.1) is 0 Å². The van der Waals surface area contributed by atoms with Crippen LogP contribution in [0.1, 0.15) is 303 Å². The summed E-state index contributed by atoms with van der Waals surface area (Å²) in [6, 6.07) is 0. The maximum atomic E-state index is 11.9. The summed E-state index contributed by atoms with van der Waals surface area (Å²) in [7, 11) is 0. The van der Waals surface area contributed by atoms with Gasteiger partial charge in [0, 0.05) is 12.8 Å². The minimum absolute atomic E-state index is 0.0208. The molecule has 0 fully saturated rings. The molecule has 0 spiro atoms. The van der Waals surface area contributed by atoms with E-state index in [9.17, 15) is 9.59 Å². The topological polar surface area (TPSA) is 63.6 Å². The van der Waals surface area contributed by atoms with Gasteiger partial charge in [-0.1, -0.05) is 244 Å². The Balaban J connectivity index is 0.